The highest BCUT2D eigenvalue weighted by molar-refractivity contribution is 7.99. The van der Waals surface area contributed by atoms with Gasteiger partial charge < -0.3 is 20.5 Å². The second-order valence-electron chi connectivity index (χ2n) is 19.5. The van der Waals surface area contributed by atoms with E-state index in [-0.39, 0.29) is 138 Å². The van der Waals surface area contributed by atoms with Crippen LogP contribution in [-0.4, -0.2) is 127 Å². The SMILES string of the molecule is CC(=O)Nc1cc(N=Nc2cc(SCCCS(=O)(=O)O)c(N=Nc3cc(OCCCS(=O)(=O)O)c(N=Nc4c(C)c(C#N)c5nc6c(C)ccc(S(=O)(=O)O)c6n5c4O)cc3C)cc2NC(C)=O)c(SCCCS(=O)(=O)O)cc1N=Nc1ccc(S(=O)(=O)O)cc1. The minimum atomic E-state index is -4.93. The molecular weight excluding hydrogens is 1340 g/mol. The first-order valence-electron chi connectivity index (χ1n) is 26.1. The number of benzene rings is 5. The number of nitriles is 1. The fourth-order valence-electron chi connectivity index (χ4n) is 8.27. The number of pyridine rings is 1. The average molecular weight is 1390 g/mol. The molecular formula is C52H53N13O19S7. The number of imidazole rings is 1. The first kappa shape index (κ1) is 70.2. The van der Waals surface area contributed by atoms with Gasteiger partial charge in [-0.15, -0.1) is 54.2 Å². The van der Waals surface area contributed by atoms with E-state index in [4.69, 9.17) is 4.74 Å². The molecule has 8 N–H and O–H groups in total. The molecule has 91 heavy (non-hydrogen) atoms. The van der Waals surface area contributed by atoms with Crippen molar-refractivity contribution in [2.24, 2.45) is 40.9 Å². The number of hydrogen-bond donors (Lipinski definition) is 8. The lowest BCUT2D eigenvalue weighted by atomic mass is 10.1. The molecule has 7 aromatic rings. The van der Waals surface area contributed by atoms with E-state index in [1.807, 2.05) is 6.07 Å². The Morgan fingerprint density at radius 1 is 0.593 bits per heavy atom. The molecule has 0 unspecified atom stereocenters. The third-order valence-electron chi connectivity index (χ3n) is 12.4. The summed E-state index contributed by atoms with van der Waals surface area (Å²) in [6, 6.07) is 17.3. The molecule has 0 saturated heterocycles. The van der Waals surface area contributed by atoms with Crippen molar-refractivity contribution in [1.82, 2.24) is 9.38 Å². The summed E-state index contributed by atoms with van der Waals surface area (Å²) < 4.78 is 173. The zero-order chi connectivity index (χ0) is 67.0. The largest absolute Gasteiger partial charge is 0.493 e. The maximum atomic E-state index is 12.8. The van der Waals surface area contributed by atoms with Crippen molar-refractivity contribution >= 4 is 159 Å². The molecule has 2 amide bonds. The predicted octanol–water partition coefficient (Wildman–Crippen LogP) is 11.5. The van der Waals surface area contributed by atoms with Crippen LogP contribution in [0.1, 0.15) is 55.4 Å². The standard InChI is InChI=1S/C52H53N13O19S7/c1-28-9-14-47(91(81,82)83)50-48(28)56-51-35(27-53)30(3)49(52(68)65(50)51)64-61-41-21-29(2)36(24-44(41)84-15-6-18-87(69,70)71)58-62-42-23-38(55-32(5)67)40(26-46(42)86-17-8-20-89(75,76)77)60-63-43-22-37(54-31(4)66)39(25-45(43)85-16-7-19-88(72,73)74)59-57-33-10-12-34(13-11-33)90(78,79)80/h9-14,21-26,68H,6-8,15-20H2,1-5H3,(H,54,66)(H,55,67)(H,69,70,71)(H,72,73,74)(H,75,76,77)(H,78,79,80)(H,81,82,83). The van der Waals surface area contributed by atoms with Crippen LogP contribution in [0.5, 0.6) is 11.6 Å². The summed E-state index contributed by atoms with van der Waals surface area (Å²) in [5.74, 6) is -3.93. The van der Waals surface area contributed by atoms with Crippen LogP contribution in [0, 0.1) is 32.1 Å². The van der Waals surface area contributed by atoms with Gasteiger partial charge in [0.05, 0.1) is 62.5 Å². The van der Waals surface area contributed by atoms with Gasteiger partial charge in [-0.1, -0.05) is 6.07 Å². The Hall–Kier alpha value is -8.27. The van der Waals surface area contributed by atoms with Crippen molar-refractivity contribution in [3.05, 3.63) is 95.1 Å². The number of nitrogens with zero attached hydrogens (tertiary/aromatic N) is 11. The number of anilines is 2. The molecule has 5 aromatic carbocycles. The van der Waals surface area contributed by atoms with Gasteiger partial charge in [0.1, 0.15) is 50.7 Å². The summed E-state index contributed by atoms with van der Waals surface area (Å²) in [4.78, 5) is 29.2. The number of aryl methyl sites for hydroxylation is 2. The van der Waals surface area contributed by atoms with Crippen LogP contribution in [0.25, 0.3) is 16.7 Å². The highest BCUT2D eigenvalue weighted by Gasteiger charge is 2.27. The zero-order valence-corrected chi connectivity index (χ0v) is 53.8. The zero-order valence-electron chi connectivity index (χ0n) is 48.1. The number of carbonyl (C=O) groups is 2. The van der Waals surface area contributed by atoms with Gasteiger partial charge in [0.2, 0.25) is 17.7 Å². The summed E-state index contributed by atoms with van der Waals surface area (Å²) in [5.41, 5.74) is 0.000245. The molecule has 0 aliphatic carbocycles. The van der Waals surface area contributed by atoms with Crippen LogP contribution in [0.15, 0.2) is 133 Å². The topological polar surface area (TPSA) is 499 Å². The maximum Gasteiger partial charge on any atom is 0.296 e. The smallest absolute Gasteiger partial charge is 0.296 e. The van der Waals surface area contributed by atoms with Crippen LogP contribution in [-0.2, 0) is 60.2 Å². The van der Waals surface area contributed by atoms with E-state index >= 15 is 0 Å². The molecule has 7 rings (SSSR count). The Kier molecular flexibility index (Phi) is 22.3. The third kappa shape index (κ3) is 19.1. The van der Waals surface area contributed by atoms with Crippen molar-refractivity contribution in [2.45, 2.75) is 73.5 Å². The number of ether oxygens (including phenoxy) is 1. The monoisotopic (exact) mass is 1390 g/mol. The fraction of sp³-hybridized carbons (Fsp3) is 0.269. The normalized spacial score (nSPS) is 12.7. The average Bonchev–Trinajstić information content (AvgIpc) is 1.59. The number of hydrogen-bond acceptors (Lipinski definition) is 26. The molecule has 39 heteroatoms. The number of fused-ring (bicyclic) bond motifs is 3. The molecule has 0 saturated carbocycles. The molecule has 2 heterocycles. The lowest BCUT2D eigenvalue weighted by molar-refractivity contribution is -0.115. The number of thioether (sulfide) groups is 2. The Bertz CT molecular complexity index is 4830. The summed E-state index contributed by atoms with van der Waals surface area (Å²) in [6.45, 7) is 6.59. The second-order valence-corrected chi connectivity index (χ2v) is 29.3. The van der Waals surface area contributed by atoms with E-state index in [9.17, 15) is 84.8 Å². The van der Waals surface area contributed by atoms with Crippen LogP contribution in [0.4, 0.5) is 56.9 Å². The second kappa shape index (κ2) is 28.9. The van der Waals surface area contributed by atoms with Crippen molar-refractivity contribution < 1.29 is 84.3 Å². The van der Waals surface area contributed by atoms with Crippen molar-refractivity contribution in [2.75, 3.05) is 46.0 Å². The third-order valence-corrected chi connectivity index (χ3v) is 18.8. The minimum Gasteiger partial charge on any atom is -0.493 e. The Labute approximate surface area is 528 Å². The first-order chi connectivity index (χ1) is 42.5. The molecule has 0 radical (unpaired) electrons. The summed E-state index contributed by atoms with van der Waals surface area (Å²) in [5, 5.41) is 62.1. The van der Waals surface area contributed by atoms with Gasteiger partial charge in [0.25, 0.3) is 50.6 Å². The molecule has 0 atom stereocenters. The maximum absolute atomic E-state index is 12.8. The van der Waals surface area contributed by atoms with Gasteiger partial charge in [-0.3, -0.25) is 36.8 Å². The van der Waals surface area contributed by atoms with E-state index in [2.05, 4.69) is 56.5 Å². The molecule has 0 spiro atoms. The number of azo groups is 4. The van der Waals surface area contributed by atoms with Gasteiger partial charge >= 0.3 is 0 Å². The molecule has 0 aliphatic heterocycles. The molecule has 2 aromatic heterocycles. The van der Waals surface area contributed by atoms with Crippen molar-refractivity contribution in [1.29, 1.82) is 5.26 Å². The van der Waals surface area contributed by atoms with Gasteiger partial charge in [-0.05, 0) is 123 Å². The molecule has 0 aliphatic rings. The molecule has 32 nitrogen and oxygen atoms in total. The molecule has 482 valence electrons. The first-order valence-corrected chi connectivity index (χ1v) is 35.8. The van der Waals surface area contributed by atoms with Gasteiger partial charge in [0, 0.05) is 35.3 Å². The minimum absolute atomic E-state index is 0.0204. The summed E-state index contributed by atoms with van der Waals surface area (Å²) in [6.07, 6.45) is -0.393. The van der Waals surface area contributed by atoms with Crippen molar-refractivity contribution in [3.8, 4) is 17.7 Å². The van der Waals surface area contributed by atoms with E-state index in [1.54, 1.807) is 13.8 Å². The van der Waals surface area contributed by atoms with Crippen LogP contribution in [0.3, 0.4) is 0 Å². The lowest BCUT2D eigenvalue weighted by Crippen LogP contribution is -2.08. The molecule has 0 fully saturated rings. The molecule has 0 bridgehead atoms. The van der Waals surface area contributed by atoms with E-state index in [0.717, 1.165) is 46.1 Å². The van der Waals surface area contributed by atoms with Gasteiger partial charge in [-0.2, -0.15) is 57.6 Å². The fourth-order valence-corrected chi connectivity index (χ4v) is 13.2. The Morgan fingerprint density at radius 3 is 1.58 bits per heavy atom. The number of nitrogens with one attached hydrogen (secondary N) is 2. The number of aromatic hydroxyl groups is 1. The van der Waals surface area contributed by atoms with Crippen molar-refractivity contribution in [3.63, 3.8) is 0 Å². The Balaban J connectivity index is 1.34. The summed E-state index contributed by atoms with van der Waals surface area (Å²) >= 11 is 2.06. The van der Waals surface area contributed by atoms with Crippen LogP contribution >= 0.6 is 23.5 Å². The highest BCUT2D eigenvalue weighted by atomic mass is 32.2. The lowest BCUT2D eigenvalue weighted by Gasteiger charge is -2.13. The van der Waals surface area contributed by atoms with Gasteiger partial charge in [-0.25, -0.2) is 4.98 Å². The van der Waals surface area contributed by atoms with E-state index in [1.165, 1.54) is 75.4 Å². The summed E-state index contributed by atoms with van der Waals surface area (Å²) in [7, 11) is -22.7. The van der Waals surface area contributed by atoms with E-state index in [0.29, 0.717) is 11.1 Å². The van der Waals surface area contributed by atoms with E-state index < -0.39 is 95.3 Å². The number of rotatable bonds is 27. The van der Waals surface area contributed by atoms with Crippen LogP contribution < -0.4 is 15.4 Å². The highest BCUT2D eigenvalue weighted by Crippen LogP contribution is 2.46. The number of carbonyl (C=O) groups excluding carboxylic acids is 2. The predicted molar refractivity (Wildman–Crippen MR) is 334 cm³/mol. The van der Waals surface area contributed by atoms with Crippen LogP contribution in [0.2, 0.25) is 0 Å². The van der Waals surface area contributed by atoms with Gasteiger partial charge in [0.15, 0.2) is 11.3 Å². The quantitative estimate of drug-likeness (QED) is 0.0103. The number of aromatic nitrogens is 2. The Morgan fingerprint density at radius 2 is 1.09 bits per heavy atom. The number of amides is 2.